The molecule has 0 bridgehead atoms. The first-order valence-electron chi connectivity index (χ1n) is 11.0. The van der Waals surface area contributed by atoms with Gasteiger partial charge in [0.15, 0.2) is 0 Å². The number of amides is 3. The van der Waals surface area contributed by atoms with Gasteiger partial charge in [-0.15, -0.1) is 11.3 Å². The fraction of sp³-hybridized carbons (Fsp3) is 0.435. The molecule has 3 atom stereocenters. The number of piperazine rings is 1. The van der Waals surface area contributed by atoms with Crippen LogP contribution in [0.1, 0.15) is 9.67 Å². The van der Waals surface area contributed by atoms with Crippen molar-refractivity contribution in [3.05, 3.63) is 52.7 Å². The number of hydrogen-bond donors (Lipinski definition) is 1. The van der Waals surface area contributed by atoms with Gasteiger partial charge in [-0.3, -0.25) is 14.4 Å². The molecule has 9 heteroatoms. The number of carbonyl (C=O) groups excluding carboxylic acids is 3. The SMILES string of the molecule is CN1CC(C(=O)N2CCN(C(=O)c3cccs3)CC2)C2NN(c3ccccc3)C(=O)C2C1. The van der Waals surface area contributed by atoms with E-state index in [4.69, 9.17) is 0 Å². The molecule has 3 aliphatic rings. The number of thiophene rings is 1. The van der Waals surface area contributed by atoms with E-state index in [1.165, 1.54) is 11.3 Å². The molecular weight excluding hydrogens is 426 g/mol. The van der Waals surface area contributed by atoms with E-state index in [0.29, 0.717) is 39.3 Å². The van der Waals surface area contributed by atoms with Crippen molar-refractivity contribution in [1.29, 1.82) is 0 Å². The largest absolute Gasteiger partial charge is 0.339 e. The Hall–Kier alpha value is -2.75. The molecule has 168 valence electrons. The summed E-state index contributed by atoms with van der Waals surface area (Å²) >= 11 is 1.44. The van der Waals surface area contributed by atoms with Crippen molar-refractivity contribution in [2.75, 3.05) is 51.3 Å². The molecule has 32 heavy (non-hydrogen) atoms. The van der Waals surface area contributed by atoms with Crippen LogP contribution < -0.4 is 10.4 Å². The van der Waals surface area contributed by atoms with E-state index in [0.717, 1.165) is 10.6 Å². The number of likely N-dealkylation sites (tertiary alicyclic amines) is 1. The van der Waals surface area contributed by atoms with Gasteiger partial charge in [-0.25, -0.2) is 10.4 Å². The number of nitrogens with zero attached hydrogens (tertiary/aromatic N) is 4. The summed E-state index contributed by atoms with van der Waals surface area (Å²) in [6.07, 6.45) is 0. The highest BCUT2D eigenvalue weighted by atomic mass is 32.1. The van der Waals surface area contributed by atoms with Crippen LogP contribution in [-0.2, 0) is 9.59 Å². The highest BCUT2D eigenvalue weighted by Gasteiger charge is 2.51. The molecule has 3 saturated heterocycles. The summed E-state index contributed by atoms with van der Waals surface area (Å²) in [4.78, 5) is 45.8. The molecule has 2 aromatic rings. The first kappa shape index (κ1) is 21.1. The molecule has 3 amide bonds. The Morgan fingerprint density at radius 1 is 0.969 bits per heavy atom. The van der Waals surface area contributed by atoms with Crippen molar-refractivity contribution in [2.24, 2.45) is 11.8 Å². The van der Waals surface area contributed by atoms with Crippen molar-refractivity contribution in [3.8, 4) is 0 Å². The normalized spacial score (nSPS) is 26.3. The molecule has 8 nitrogen and oxygen atoms in total. The molecule has 0 saturated carbocycles. The Labute approximate surface area is 191 Å². The van der Waals surface area contributed by atoms with Gasteiger partial charge in [0.05, 0.1) is 28.4 Å². The predicted molar refractivity (Wildman–Crippen MR) is 122 cm³/mol. The molecule has 5 rings (SSSR count). The van der Waals surface area contributed by atoms with Crippen molar-refractivity contribution >= 4 is 34.7 Å². The molecule has 4 heterocycles. The van der Waals surface area contributed by atoms with Gasteiger partial charge in [-0.1, -0.05) is 24.3 Å². The first-order chi connectivity index (χ1) is 15.5. The quantitative estimate of drug-likeness (QED) is 0.754. The maximum Gasteiger partial charge on any atom is 0.264 e. The molecule has 3 aliphatic heterocycles. The number of anilines is 1. The van der Waals surface area contributed by atoms with Gasteiger partial charge in [-0.05, 0) is 30.6 Å². The van der Waals surface area contributed by atoms with Crippen LogP contribution in [0.15, 0.2) is 47.8 Å². The van der Waals surface area contributed by atoms with Crippen LogP contribution in [0.3, 0.4) is 0 Å². The van der Waals surface area contributed by atoms with Crippen molar-refractivity contribution in [3.63, 3.8) is 0 Å². The average molecular weight is 454 g/mol. The van der Waals surface area contributed by atoms with Gasteiger partial charge in [0.2, 0.25) is 11.8 Å². The lowest BCUT2D eigenvalue weighted by molar-refractivity contribution is -0.140. The van der Waals surface area contributed by atoms with E-state index in [1.807, 2.05) is 64.7 Å². The van der Waals surface area contributed by atoms with Crippen LogP contribution in [0.25, 0.3) is 0 Å². The zero-order chi connectivity index (χ0) is 22.2. The number of benzene rings is 1. The van der Waals surface area contributed by atoms with Crippen LogP contribution in [0.5, 0.6) is 0 Å². The fourth-order valence-electron chi connectivity index (χ4n) is 4.97. The third kappa shape index (κ3) is 3.80. The zero-order valence-electron chi connectivity index (χ0n) is 18.0. The van der Waals surface area contributed by atoms with Gasteiger partial charge in [0.25, 0.3) is 5.91 Å². The molecule has 3 fully saturated rings. The van der Waals surface area contributed by atoms with Gasteiger partial charge in [-0.2, -0.15) is 0 Å². The summed E-state index contributed by atoms with van der Waals surface area (Å²) in [5.41, 5.74) is 4.13. The van der Waals surface area contributed by atoms with Crippen LogP contribution >= 0.6 is 11.3 Å². The number of fused-ring (bicyclic) bond motifs is 1. The zero-order valence-corrected chi connectivity index (χ0v) is 18.8. The third-order valence-corrected chi connectivity index (χ3v) is 7.50. The van der Waals surface area contributed by atoms with E-state index in [1.54, 1.807) is 5.01 Å². The molecule has 0 radical (unpaired) electrons. The second kappa shape index (κ2) is 8.65. The van der Waals surface area contributed by atoms with E-state index in [9.17, 15) is 14.4 Å². The predicted octanol–water partition coefficient (Wildman–Crippen LogP) is 1.13. The summed E-state index contributed by atoms with van der Waals surface area (Å²) in [6, 6.07) is 13.0. The number of para-hydroxylation sites is 1. The summed E-state index contributed by atoms with van der Waals surface area (Å²) in [6.45, 7) is 3.33. The average Bonchev–Trinajstić information content (AvgIpc) is 3.47. The Morgan fingerprint density at radius 3 is 2.38 bits per heavy atom. The Morgan fingerprint density at radius 2 is 1.69 bits per heavy atom. The minimum atomic E-state index is -0.309. The Balaban J connectivity index is 1.27. The van der Waals surface area contributed by atoms with Gasteiger partial charge in [0.1, 0.15) is 0 Å². The molecule has 0 aliphatic carbocycles. The van der Waals surface area contributed by atoms with Crippen LogP contribution in [0.2, 0.25) is 0 Å². The summed E-state index contributed by atoms with van der Waals surface area (Å²) < 4.78 is 0. The van der Waals surface area contributed by atoms with E-state index < -0.39 is 0 Å². The number of piperidine rings is 1. The van der Waals surface area contributed by atoms with Gasteiger partial charge in [0, 0.05) is 39.3 Å². The molecule has 0 spiro atoms. The minimum Gasteiger partial charge on any atom is -0.339 e. The lowest BCUT2D eigenvalue weighted by Gasteiger charge is -2.41. The highest BCUT2D eigenvalue weighted by molar-refractivity contribution is 7.12. The summed E-state index contributed by atoms with van der Waals surface area (Å²) in [5.74, 6) is -0.464. The number of nitrogens with one attached hydrogen (secondary N) is 1. The van der Waals surface area contributed by atoms with Crippen LogP contribution in [0, 0.1) is 11.8 Å². The lowest BCUT2D eigenvalue weighted by atomic mass is 9.84. The number of hydrogen-bond acceptors (Lipinski definition) is 6. The maximum atomic E-state index is 13.5. The molecular formula is C23H27N5O3S. The topological polar surface area (TPSA) is 76.2 Å². The fourth-order valence-corrected chi connectivity index (χ4v) is 5.67. The number of hydrazine groups is 1. The van der Waals surface area contributed by atoms with E-state index in [2.05, 4.69) is 10.3 Å². The molecule has 3 unspecified atom stereocenters. The standard InChI is InChI=1S/C23H27N5O3S/c1-25-14-17(20-18(15-25)22(30)28(24-20)16-6-3-2-4-7-16)21(29)26-9-11-27(12-10-26)23(31)19-8-5-13-32-19/h2-8,13,17-18,20,24H,9-12,14-15H2,1H3. The van der Waals surface area contributed by atoms with Crippen LogP contribution in [-0.4, -0.2) is 84.8 Å². The molecule has 1 N–H and O–H groups in total. The summed E-state index contributed by atoms with van der Waals surface area (Å²) in [5, 5.41) is 3.50. The number of rotatable bonds is 3. The number of carbonyl (C=O) groups is 3. The van der Waals surface area contributed by atoms with Crippen molar-refractivity contribution in [2.45, 2.75) is 6.04 Å². The van der Waals surface area contributed by atoms with Gasteiger partial charge < -0.3 is 14.7 Å². The maximum absolute atomic E-state index is 13.5. The molecule has 1 aromatic carbocycles. The molecule has 1 aromatic heterocycles. The highest BCUT2D eigenvalue weighted by Crippen LogP contribution is 2.32. The summed E-state index contributed by atoms with van der Waals surface area (Å²) in [7, 11) is 1.96. The van der Waals surface area contributed by atoms with Gasteiger partial charge >= 0.3 is 0 Å². The van der Waals surface area contributed by atoms with E-state index in [-0.39, 0.29) is 35.6 Å². The Kier molecular flexibility index (Phi) is 5.71. The smallest absolute Gasteiger partial charge is 0.264 e. The van der Waals surface area contributed by atoms with Crippen molar-refractivity contribution in [1.82, 2.24) is 20.1 Å². The van der Waals surface area contributed by atoms with Crippen molar-refractivity contribution < 1.29 is 14.4 Å². The van der Waals surface area contributed by atoms with E-state index >= 15 is 0 Å². The second-order valence-corrected chi connectivity index (χ2v) is 9.64. The first-order valence-corrected chi connectivity index (χ1v) is 11.9. The third-order valence-electron chi connectivity index (χ3n) is 6.64. The van der Waals surface area contributed by atoms with Crippen LogP contribution in [0.4, 0.5) is 5.69 Å². The minimum absolute atomic E-state index is 0.0110. The lowest BCUT2D eigenvalue weighted by Crippen LogP contribution is -2.59. The monoisotopic (exact) mass is 453 g/mol. The second-order valence-electron chi connectivity index (χ2n) is 8.69. The Bertz CT molecular complexity index is 990.